The summed E-state index contributed by atoms with van der Waals surface area (Å²) in [5, 5.41) is 12.3. The van der Waals surface area contributed by atoms with Crippen molar-refractivity contribution in [3.05, 3.63) is 95.6 Å². The van der Waals surface area contributed by atoms with Crippen LogP contribution in [-0.4, -0.2) is 47.2 Å². The van der Waals surface area contributed by atoms with Gasteiger partial charge in [-0.25, -0.2) is 4.79 Å². The van der Waals surface area contributed by atoms with Crippen molar-refractivity contribution in [1.29, 1.82) is 0 Å². The van der Waals surface area contributed by atoms with Crippen molar-refractivity contribution in [3.63, 3.8) is 0 Å². The van der Waals surface area contributed by atoms with Crippen molar-refractivity contribution >= 4 is 18.0 Å². The number of carboxylic acids is 1. The molecule has 38 heavy (non-hydrogen) atoms. The lowest BCUT2D eigenvalue weighted by molar-refractivity contribution is -0.145. The second-order valence-corrected chi connectivity index (χ2v) is 10.1. The van der Waals surface area contributed by atoms with Gasteiger partial charge in [0.2, 0.25) is 5.91 Å². The molecule has 2 aliphatic carbocycles. The highest BCUT2D eigenvalue weighted by molar-refractivity contribution is 5.82. The third-order valence-corrected chi connectivity index (χ3v) is 7.64. The molecule has 2 amide bonds. The summed E-state index contributed by atoms with van der Waals surface area (Å²) in [4.78, 5) is 38.7. The number of carbonyl (C=O) groups is 3. The van der Waals surface area contributed by atoms with E-state index in [1.54, 1.807) is 0 Å². The van der Waals surface area contributed by atoms with Crippen LogP contribution in [0, 0.1) is 5.92 Å². The molecule has 3 aromatic carbocycles. The molecule has 0 spiro atoms. The molecule has 0 aliphatic heterocycles. The molecule has 3 aromatic rings. The fraction of sp³-hybridized carbons (Fsp3) is 0.323. The molecule has 5 rings (SSSR count). The first-order valence-electron chi connectivity index (χ1n) is 13.1. The number of carboxylic acid groups (broad SMARTS) is 1. The number of nitrogens with zero attached hydrogens (tertiary/aromatic N) is 1. The number of alkyl carbamates (subject to hydrolysis) is 1. The largest absolute Gasteiger partial charge is 0.480 e. The van der Waals surface area contributed by atoms with Crippen LogP contribution in [0.25, 0.3) is 11.1 Å². The van der Waals surface area contributed by atoms with Gasteiger partial charge in [0.15, 0.2) is 0 Å². The molecule has 0 saturated heterocycles. The first kappa shape index (κ1) is 25.5. The van der Waals surface area contributed by atoms with Crippen LogP contribution in [0.5, 0.6) is 0 Å². The summed E-state index contributed by atoms with van der Waals surface area (Å²) < 4.78 is 5.71. The van der Waals surface area contributed by atoms with E-state index < -0.39 is 12.1 Å². The molecular formula is C31H32N2O5. The quantitative estimate of drug-likeness (QED) is 0.411. The highest BCUT2D eigenvalue weighted by Crippen LogP contribution is 2.44. The van der Waals surface area contributed by atoms with Gasteiger partial charge in [0.05, 0.1) is 0 Å². The van der Waals surface area contributed by atoms with Crippen LogP contribution in [0.2, 0.25) is 0 Å². The Labute approximate surface area is 222 Å². The number of aliphatic carboxylic acids is 1. The summed E-state index contributed by atoms with van der Waals surface area (Å²) in [5.41, 5.74) is 5.54. The van der Waals surface area contributed by atoms with Crippen LogP contribution in [-0.2, 0) is 20.9 Å². The lowest BCUT2D eigenvalue weighted by Crippen LogP contribution is -2.41. The van der Waals surface area contributed by atoms with Crippen LogP contribution in [0.1, 0.15) is 48.3 Å². The number of rotatable bonds is 9. The number of ether oxygens (including phenoxy) is 1. The summed E-state index contributed by atoms with van der Waals surface area (Å²) >= 11 is 0. The normalized spacial score (nSPS) is 17.9. The number of hydrogen-bond donors (Lipinski definition) is 2. The summed E-state index contributed by atoms with van der Waals surface area (Å²) in [6.45, 7) is 0.119. The van der Waals surface area contributed by atoms with Gasteiger partial charge >= 0.3 is 12.1 Å². The molecular weight excluding hydrogens is 480 g/mol. The predicted molar refractivity (Wildman–Crippen MR) is 143 cm³/mol. The highest BCUT2D eigenvalue weighted by Gasteiger charge is 2.33. The van der Waals surface area contributed by atoms with Gasteiger partial charge in [0.1, 0.15) is 13.2 Å². The van der Waals surface area contributed by atoms with Crippen molar-refractivity contribution in [3.8, 4) is 11.1 Å². The van der Waals surface area contributed by atoms with E-state index in [2.05, 4.69) is 29.6 Å². The van der Waals surface area contributed by atoms with E-state index in [0.717, 1.165) is 36.0 Å². The van der Waals surface area contributed by atoms with Crippen LogP contribution >= 0.6 is 0 Å². The zero-order valence-corrected chi connectivity index (χ0v) is 21.2. The lowest BCUT2D eigenvalue weighted by atomic mass is 9.98. The Balaban J connectivity index is 1.18. The third kappa shape index (κ3) is 5.72. The van der Waals surface area contributed by atoms with Crippen molar-refractivity contribution in [2.24, 2.45) is 5.92 Å². The molecule has 7 nitrogen and oxygen atoms in total. The Kier molecular flexibility index (Phi) is 7.73. The predicted octanol–water partition coefficient (Wildman–Crippen LogP) is 5.20. The third-order valence-electron chi connectivity index (χ3n) is 7.64. The highest BCUT2D eigenvalue weighted by atomic mass is 16.5. The van der Waals surface area contributed by atoms with E-state index in [4.69, 9.17) is 4.74 Å². The minimum atomic E-state index is -1.05. The molecule has 196 valence electrons. The van der Waals surface area contributed by atoms with E-state index in [9.17, 15) is 19.5 Å². The minimum Gasteiger partial charge on any atom is -0.480 e. The average Bonchev–Trinajstić information content (AvgIpc) is 3.49. The number of amides is 2. The fourth-order valence-electron chi connectivity index (χ4n) is 5.82. The molecule has 0 heterocycles. The maximum absolute atomic E-state index is 13.1. The second kappa shape index (κ2) is 11.5. The summed E-state index contributed by atoms with van der Waals surface area (Å²) in [5.74, 6) is -1.34. The maximum Gasteiger partial charge on any atom is 0.407 e. The standard InChI is InChI=1S/C31H32N2O5/c34-29(33(19-30(35)36)18-21-9-2-1-3-10-21)17-22-11-8-16-28(22)32-31(37)38-20-27-25-14-6-4-12-23(25)24-13-5-7-15-26(24)27/h1-7,9-10,12-15,22,27-28H,8,11,16-20H2,(H,32,37)(H,35,36)/t22-,28+/m0/s1. The molecule has 2 N–H and O–H groups in total. The van der Waals surface area contributed by atoms with Gasteiger partial charge in [0, 0.05) is 24.9 Å². The van der Waals surface area contributed by atoms with Gasteiger partial charge in [-0.3, -0.25) is 9.59 Å². The molecule has 0 unspecified atom stereocenters. The van der Waals surface area contributed by atoms with Gasteiger partial charge in [-0.1, -0.05) is 85.3 Å². The number of carbonyl (C=O) groups excluding carboxylic acids is 2. The van der Waals surface area contributed by atoms with E-state index in [-0.39, 0.29) is 49.9 Å². The number of benzene rings is 3. The molecule has 2 atom stereocenters. The number of hydrogen-bond acceptors (Lipinski definition) is 4. The van der Waals surface area contributed by atoms with Gasteiger partial charge in [-0.15, -0.1) is 0 Å². The minimum absolute atomic E-state index is 0.0170. The average molecular weight is 513 g/mol. The monoisotopic (exact) mass is 512 g/mol. The van der Waals surface area contributed by atoms with Crippen LogP contribution in [0.4, 0.5) is 4.79 Å². The van der Waals surface area contributed by atoms with E-state index in [1.807, 2.05) is 54.6 Å². The van der Waals surface area contributed by atoms with E-state index in [0.29, 0.717) is 0 Å². The topological polar surface area (TPSA) is 95.9 Å². The Bertz CT molecular complexity index is 1260. The van der Waals surface area contributed by atoms with Crippen molar-refractivity contribution in [2.45, 2.75) is 44.2 Å². The van der Waals surface area contributed by atoms with Crippen molar-refractivity contribution < 1.29 is 24.2 Å². The summed E-state index contributed by atoms with van der Waals surface area (Å²) in [7, 11) is 0. The molecule has 7 heteroatoms. The Morgan fingerprint density at radius 2 is 1.50 bits per heavy atom. The van der Waals surface area contributed by atoms with Crippen molar-refractivity contribution in [2.75, 3.05) is 13.2 Å². The fourth-order valence-corrected chi connectivity index (χ4v) is 5.82. The molecule has 0 radical (unpaired) electrons. The Morgan fingerprint density at radius 3 is 2.16 bits per heavy atom. The number of nitrogens with one attached hydrogen (secondary N) is 1. The maximum atomic E-state index is 13.1. The zero-order valence-electron chi connectivity index (χ0n) is 21.2. The second-order valence-electron chi connectivity index (χ2n) is 10.1. The molecule has 0 bridgehead atoms. The molecule has 2 aliphatic rings. The van der Waals surface area contributed by atoms with Gasteiger partial charge < -0.3 is 20.1 Å². The lowest BCUT2D eigenvalue weighted by Gasteiger charge is -2.25. The first-order chi connectivity index (χ1) is 18.5. The SMILES string of the molecule is O=C(O)CN(Cc1ccccc1)C(=O)C[C@@H]1CCC[C@H]1NC(=O)OCC1c2ccccc2-c2ccccc21. The smallest absolute Gasteiger partial charge is 0.407 e. The first-order valence-corrected chi connectivity index (χ1v) is 13.1. The van der Waals surface area contributed by atoms with Crippen LogP contribution < -0.4 is 5.32 Å². The van der Waals surface area contributed by atoms with Crippen LogP contribution in [0.3, 0.4) is 0 Å². The van der Waals surface area contributed by atoms with Gasteiger partial charge in [-0.2, -0.15) is 0 Å². The Morgan fingerprint density at radius 1 is 0.868 bits per heavy atom. The van der Waals surface area contributed by atoms with E-state index in [1.165, 1.54) is 16.0 Å². The number of fused-ring (bicyclic) bond motifs is 3. The molecule has 1 saturated carbocycles. The summed E-state index contributed by atoms with van der Waals surface area (Å²) in [6.07, 6.45) is 2.16. The van der Waals surface area contributed by atoms with Gasteiger partial charge in [0.25, 0.3) is 0 Å². The van der Waals surface area contributed by atoms with Crippen molar-refractivity contribution in [1.82, 2.24) is 10.2 Å². The van der Waals surface area contributed by atoms with Crippen LogP contribution in [0.15, 0.2) is 78.9 Å². The molecule has 1 fully saturated rings. The zero-order chi connectivity index (χ0) is 26.5. The van der Waals surface area contributed by atoms with Gasteiger partial charge in [-0.05, 0) is 46.6 Å². The molecule has 0 aromatic heterocycles. The Hall–Kier alpha value is -4.13. The van der Waals surface area contributed by atoms with E-state index >= 15 is 0 Å². The summed E-state index contributed by atoms with van der Waals surface area (Å²) in [6, 6.07) is 25.6.